The normalized spacial score (nSPS) is 13.8. The van der Waals surface area contributed by atoms with Crippen molar-refractivity contribution in [2.75, 3.05) is 0 Å². The second kappa shape index (κ2) is 12.5. The number of aliphatic hydroxyl groups is 1. The minimum absolute atomic E-state index is 0. The molecular weight excluding hydrogens is 581 g/mol. The van der Waals surface area contributed by atoms with E-state index >= 15 is 0 Å². The fraction of sp³-hybridized carbons (Fsp3) is 0.261. The van der Waals surface area contributed by atoms with E-state index in [2.05, 4.69) is 4.98 Å². The Hall–Kier alpha value is -0.204. The Morgan fingerprint density at radius 3 is 2.28 bits per heavy atom. The third-order valence-electron chi connectivity index (χ3n) is 5.08. The van der Waals surface area contributed by atoms with Crippen LogP contribution in [0.1, 0.15) is 35.2 Å². The molecule has 3 rings (SSSR count). The molecule has 0 amide bonds. The van der Waals surface area contributed by atoms with Gasteiger partial charge in [0, 0.05) is 22.8 Å². The van der Waals surface area contributed by atoms with Crippen LogP contribution in [0.25, 0.3) is 0 Å². The van der Waals surface area contributed by atoms with Gasteiger partial charge in [0.05, 0.1) is 0 Å². The molecule has 166 valence electrons. The van der Waals surface area contributed by atoms with E-state index in [0.29, 0.717) is 18.1 Å². The topological polar surface area (TPSA) is 42.4 Å². The molecule has 0 radical (unpaired) electrons. The van der Waals surface area contributed by atoms with E-state index in [9.17, 15) is 18.3 Å². The van der Waals surface area contributed by atoms with Crippen LogP contribution in [-0.4, -0.2) is 16.3 Å². The van der Waals surface area contributed by atoms with Crippen molar-refractivity contribution in [2.45, 2.75) is 38.1 Å². The standard InChI is InChI=1S/C23H21ClF3NO2.HI.K/c1-15-12-18(10-11-28-15)22(29,23(25,26)27)16(2)20-9-8-19(13-21(20)24)30-14-17-6-4-3-5-7-17;;/h3-13,16,29H,14H2,1-2H3;1H;/q;;+1/p-1. The average Bonchev–Trinajstić information content (AvgIpc) is 2.71. The molecule has 0 saturated carbocycles. The number of halogens is 5. The summed E-state index contributed by atoms with van der Waals surface area (Å²) in [6.07, 6.45) is -3.68. The van der Waals surface area contributed by atoms with Gasteiger partial charge in [0.2, 0.25) is 0 Å². The molecule has 32 heavy (non-hydrogen) atoms. The van der Waals surface area contributed by atoms with Crippen molar-refractivity contribution in [1.82, 2.24) is 4.98 Å². The minimum Gasteiger partial charge on any atom is -1.00 e. The number of ether oxygens (including phenoxy) is 1. The van der Waals surface area contributed by atoms with E-state index in [1.807, 2.05) is 30.3 Å². The summed E-state index contributed by atoms with van der Waals surface area (Å²) < 4.78 is 47.8. The Bertz CT molecular complexity index is 1020. The SMILES string of the molecule is Cc1cc(C(O)(C(C)c2ccc(OCc3ccccc3)cc2Cl)C(F)(F)F)ccn1.[I-].[K+]. The molecular formula is C23H21ClF3IKNO2. The third kappa shape index (κ3) is 6.68. The largest absolute Gasteiger partial charge is 1.00 e. The molecule has 1 heterocycles. The van der Waals surface area contributed by atoms with E-state index < -0.39 is 17.7 Å². The molecule has 0 bridgehead atoms. The first-order valence-corrected chi connectivity index (χ1v) is 9.69. The first kappa shape index (κ1) is 29.8. The zero-order valence-electron chi connectivity index (χ0n) is 17.8. The molecule has 2 unspecified atom stereocenters. The molecule has 0 aliphatic rings. The van der Waals surface area contributed by atoms with Gasteiger partial charge in [0.25, 0.3) is 0 Å². The second-order valence-corrected chi connectivity index (χ2v) is 7.54. The summed E-state index contributed by atoms with van der Waals surface area (Å²) in [6, 6.07) is 16.3. The van der Waals surface area contributed by atoms with Crippen molar-refractivity contribution in [2.24, 2.45) is 0 Å². The van der Waals surface area contributed by atoms with Gasteiger partial charge in [0.15, 0.2) is 5.60 Å². The maximum Gasteiger partial charge on any atom is 1.00 e. The number of aromatic nitrogens is 1. The predicted molar refractivity (Wildman–Crippen MR) is 110 cm³/mol. The van der Waals surface area contributed by atoms with Crippen LogP contribution >= 0.6 is 11.6 Å². The van der Waals surface area contributed by atoms with Crippen molar-refractivity contribution in [3.8, 4) is 5.75 Å². The molecule has 3 nitrogen and oxygen atoms in total. The van der Waals surface area contributed by atoms with Crippen molar-refractivity contribution in [1.29, 1.82) is 0 Å². The van der Waals surface area contributed by atoms with Crippen LogP contribution < -0.4 is 80.1 Å². The van der Waals surface area contributed by atoms with Gasteiger partial charge >= 0.3 is 57.6 Å². The van der Waals surface area contributed by atoms with Gasteiger partial charge in [-0.25, -0.2) is 0 Å². The Morgan fingerprint density at radius 2 is 1.72 bits per heavy atom. The number of pyridine rings is 1. The van der Waals surface area contributed by atoms with Crippen molar-refractivity contribution in [3.63, 3.8) is 0 Å². The Kier molecular flexibility index (Phi) is 11.6. The van der Waals surface area contributed by atoms with Crippen LogP contribution in [0.3, 0.4) is 0 Å². The average molecular weight is 602 g/mol. The smallest absolute Gasteiger partial charge is 1.00 e. The molecule has 2 aromatic carbocycles. The van der Waals surface area contributed by atoms with E-state index in [0.717, 1.165) is 5.56 Å². The maximum absolute atomic E-state index is 14.0. The summed E-state index contributed by atoms with van der Waals surface area (Å²) in [5, 5.41) is 11.0. The Morgan fingerprint density at radius 1 is 1.06 bits per heavy atom. The number of benzene rings is 2. The molecule has 1 N–H and O–H groups in total. The van der Waals surface area contributed by atoms with Crippen molar-refractivity contribution >= 4 is 11.6 Å². The van der Waals surface area contributed by atoms with Crippen LogP contribution in [0.2, 0.25) is 5.02 Å². The zero-order chi connectivity index (χ0) is 21.9. The third-order valence-corrected chi connectivity index (χ3v) is 5.41. The number of alkyl halides is 3. The Labute approximate surface area is 250 Å². The van der Waals surface area contributed by atoms with Gasteiger partial charge in [0.1, 0.15) is 12.4 Å². The quantitative estimate of drug-likeness (QED) is 0.324. The van der Waals surface area contributed by atoms with Crippen LogP contribution in [0.5, 0.6) is 5.75 Å². The Balaban J connectivity index is 0.00000256. The molecule has 3 aromatic rings. The molecule has 2 atom stereocenters. The zero-order valence-corrected chi connectivity index (χ0v) is 23.9. The van der Waals surface area contributed by atoms with Crippen molar-refractivity contribution in [3.05, 3.63) is 94.3 Å². The number of hydrogen-bond donors (Lipinski definition) is 1. The van der Waals surface area contributed by atoms with Gasteiger partial charge in [-0.3, -0.25) is 4.98 Å². The summed E-state index contributed by atoms with van der Waals surface area (Å²) in [7, 11) is 0. The van der Waals surface area contributed by atoms with Crippen molar-refractivity contribution < 1.29 is 98.4 Å². The maximum atomic E-state index is 14.0. The van der Waals surface area contributed by atoms with Gasteiger partial charge in [-0.2, -0.15) is 13.2 Å². The van der Waals surface area contributed by atoms with E-state index in [-0.39, 0.29) is 91.5 Å². The van der Waals surface area contributed by atoms with Gasteiger partial charge < -0.3 is 33.8 Å². The summed E-state index contributed by atoms with van der Waals surface area (Å²) in [4.78, 5) is 3.92. The van der Waals surface area contributed by atoms with Gasteiger partial charge in [-0.05, 0) is 47.9 Å². The van der Waals surface area contributed by atoms with E-state index in [4.69, 9.17) is 16.3 Å². The molecule has 0 aliphatic carbocycles. The number of aryl methyl sites for hydroxylation is 1. The summed E-state index contributed by atoms with van der Waals surface area (Å²) >= 11 is 6.31. The molecule has 9 heteroatoms. The minimum atomic E-state index is -4.92. The predicted octanol–water partition coefficient (Wildman–Crippen LogP) is 0.184. The van der Waals surface area contributed by atoms with E-state index in [1.54, 1.807) is 13.0 Å². The first-order valence-electron chi connectivity index (χ1n) is 9.31. The summed E-state index contributed by atoms with van der Waals surface area (Å²) in [5.41, 5.74) is -1.92. The van der Waals surface area contributed by atoms with Gasteiger partial charge in [-0.1, -0.05) is 54.9 Å². The second-order valence-electron chi connectivity index (χ2n) is 7.13. The molecule has 0 aliphatic heterocycles. The number of nitrogens with zero attached hydrogens (tertiary/aromatic N) is 1. The fourth-order valence-electron chi connectivity index (χ4n) is 3.36. The monoisotopic (exact) mass is 601 g/mol. The number of rotatable bonds is 6. The molecule has 0 saturated heterocycles. The summed E-state index contributed by atoms with van der Waals surface area (Å²) in [5.74, 6) is -0.940. The van der Waals surface area contributed by atoms with Crippen LogP contribution in [0, 0.1) is 6.92 Å². The van der Waals surface area contributed by atoms with E-state index in [1.165, 1.54) is 37.4 Å². The van der Waals surface area contributed by atoms with Crippen LogP contribution in [0.4, 0.5) is 13.2 Å². The molecule has 0 spiro atoms. The van der Waals surface area contributed by atoms with Gasteiger partial charge in [-0.15, -0.1) is 0 Å². The molecule has 0 fully saturated rings. The number of hydrogen-bond acceptors (Lipinski definition) is 3. The van der Waals surface area contributed by atoms with Crippen LogP contribution in [0.15, 0.2) is 66.9 Å². The fourth-order valence-corrected chi connectivity index (χ4v) is 3.69. The first-order chi connectivity index (χ1) is 14.1. The molecule has 1 aromatic heterocycles. The van der Waals surface area contributed by atoms with Crippen LogP contribution in [-0.2, 0) is 12.2 Å². The summed E-state index contributed by atoms with van der Waals surface area (Å²) in [6.45, 7) is 3.17.